The van der Waals surface area contributed by atoms with Gasteiger partial charge >= 0.3 is 0 Å². The van der Waals surface area contributed by atoms with Gasteiger partial charge in [0.1, 0.15) is 18.3 Å². The fourth-order valence-corrected chi connectivity index (χ4v) is 6.45. The van der Waals surface area contributed by atoms with Crippen molar-refractivity contribution >= 4 is 56.7 Å². The summed E-state index contributed by atoms with van der Waals surface area (Å²) in [6.07, 6.45) is 3.11. The maximum atomic E-state index is 15.8. The SMILES string of the molecule is CC(=O)c1nn(CC(=O)N2[C@@H]3CC3C[C@H]2C(=O)Nc2cccc(-c3ccc4cc[nH]c4c3Cl)c2F)c2ccccc12. The molecule has 2 fully saturated rings. The number of aromatic nitrogens is 3. The molecule has 2 aliphatic rings. The number of anilines is 1. The minimum absolute atomic E-state index is 0.0206. The molecular weight excluding hydrogens is 545 g/mol. The Kier molecular flexibility index (Phi) is 5.93. The Morgan fingerprint density at radius 1 is 1.05 bits per heavy atom. The van der Waals surface area contributed by atoms with Crippen LogP contribution in [0.4, 0.5) is 10.1 Å². The van der Waals surface area contributed by atoms with Crippen molar-refractivity contribution in [3.63, 3.8) is 0 Å². The number of hydrogen-bond acceptors (Lipinski definition) is 4. The monoisotopic (exact) mass is 569 g/mol. The van der Waals surface area contributed by atoms with Crippen molar-refractivity contribution in [2.75, 3.05) is 5.32 Å². The Balaban J connectivity index is 1.14. The largest absolute Gasteiger partial charge is 0.360 e. The molecule has 3 aromatic carbocycles. The van der Waals surface area contributed by atoms with Gasteiger partial charge in [-0.05, 0) is 37.0 Å². The fourth-order valence-electron chi connectivity index (χ4n) is 6.12. The summed E-state index contributed by atoms with van der Waals surface area (Å²) in [5.41, 5.74) is 2.47. The van der Waals surface area contributed by atoms with E-state index in [0.717, 1.165) is 11.8 Å². The van der Waals surface area contributed by atoms with E-state index in [-0.39, 0.29) is 41.4 Å². The van der Waals surface area contributed by atoms with Crippen molar-refractivity contribution in [3.8, 4) is 11.1 Å². The molecule has 0 bridgehead atoms. The smallest absolute Gasteiger partial charge is 0.247 e. The first-order chi connectivity index (χ1) is 19.8. The van der Waals surface area contributed by atoms with Gasteiger partial charge in [-0.25, -0.2) is 4.39 Å². The molecule has 3 heterocycles. The van der Waals surface area contributed by atoms with Crippen LogP contribution in [0.2, 0.25) is 5.02 Å². The summed E-state index contributed by atoms with van der Waals surface area (Å²) in [5.74, 6) is -1.26. The number of Topliss-reactive ketones (excluding diaryl/α,β-unsaturated/α-hetero) is 1. The number of carbonyl (C=O) groups excluding carboxylic acids is 3. The number of halogens is 2. The van der Waals surface area contributed by atoms with E-state index in [9.17, 15) is 14.4 Å². The van der Waals surface area contributed by atoms with Gasteiger partial charge in [0, 0.05) is 41.1 Å². The first-order valence-corrected chi connectivity index (χ1v) is 13.8. The molecule has 1 aliphatic heterocycles. The molecule has 7 rings (SSSR count). The van der Waals surface area contributed by atoms with E-state index in [1.54, 1.807) is 35.4 Å². The van der Waals surface area contributed by atoms with Gasteiger partial charge in [-0.1, -0.05) is 54.1 Å². The number of amides is 2. The minimum Gasteiger partial charge on any atom is -0.360 e. The van der Waals surface area contributed by atoms with E-state index < -0.39 is 17.8 Å². The molecule has 5 aromatic rings. The zero-order chi connectivity index (χ0) is 28.4. The van der Waals surface area contributed by atoms with Crippen molar-refractivity contribution in [2.24, 2.45) is 5.92 Å². The van der Waals surface area contributed by atoms with Gasteiger partial charge in [-0.15, -0.1) is 0 Å². The van der Waals surface area contributed by atoms with Gasteiger partial charge in [-0.3, -0.25) is 19.1 Å². The predicted molar refractivity (Wildman–Crippen MR) is 154 cm³/mol. The number of fused-ring (bicyclic) bond motifs is 3. The number of H-pyrrole nitrogens is 1. The molecule has 206 valence electrons. The van der Waals surface area contributed by atoms with Crippen LogP contribution in [0, 0.1) is 11.7 Å². The van der Waals surface area contributed by atoms with Crippen LogP contribution in [0.15, 0.2) is 66.9 Å². The summed E-state index contributed by atoms with van der Waals surface area (Å²) in [6, 6.07) is 16.8. The second kappa shape index (κ2) is 9.55. The van der Waals surface area contributed by atoms with E-state index >= 15 is 4.39 Å². The summed E-state index contributed by atoms with van der Waals surface area (Å²) >= 11 is 6.59. The van der Waals surface area contributed by atoms with Gasteiger partial charge in [-0.2, -0.15) is 5.10 Å². The Morgan fingerprint density at radius 2 is 1.88 bits per heavy atom. The number of nitrogens with zero attached hydrogens (tertiary/aromatic N) is 3. The molecule has 10 heteroatoms. The van der Waals surface area contributed by atoms with Crippen LogP contribution in [0.5, 0.6) is 0 Å². The normalized spacial score (nSPS) is 19.5. The molecule has 3 atom stereocenters. The number of hydrogen-bond donors (Lipinski definition) is 2. The van der Waals surface area contributed by atoms with Gasteiger partial charge in [0.15, 0.2) is 11.6 Å². The third-order valence-corrected chi connectivity index (χ3v) is 8.58. The number of aromatic amines is 1. The maximum Gasteiger partial charge on any atom is 0.247 e. The highest BCUT2D eigenvalue weighted by atomic mass is 35.5. The lowest BCUT2D eigenvalue weighted by Gasteiger charge is -2.27. The molecule has 2 N–H and O–H groups in total. The van der Waals surface area contributed by atoms with Crippen LogP contribution < -0.4 is 5.32 Å². The van der Waals surface area contributed by atoms with Crippen LogP contribution in [-0.4, -0.2) is 49.3 Å². The highest BCUT2D eigenvalue weighted by Crippen LogP contribution is 2.48. The lowest BCUT2D eigenvalue weighted by molar-refractivity contribution is -0.138. The van der Waals surface area contributed by atoms with E-state index in [2.05, 4.69) is 15.4 Å². The summed E-state index contributed by atoms with van der Waals surface area (Å²) < 4.78 is 17.3. The number of ketones is 1. The molecule has 2 aromatic heterocycles. The van der Waals surface area contributed by atoms with Crippen molar-refractivity contribution in [3.05, 3.63) is 83.4 Å². The van der Waals surface area contributed by atoms with Crippen molar-refractivity contribution in [1.82, 2.24) is 19.7 Å². The average molecular weight is 570 g/mol. The van der Waals surface area contributed by atoms with Crippen molar-refractivity contribution in [2.45, 2.75) is 38.4 Å². The maximum absolute atomic E-state index is 15.8. The molecule has 1 saturated carbocycles. The predicted octanol–water partition coefficient (Wildman–Crippen LogP) is 5.81. The van der Waals surface area contributed by atoms with E-state index in [1.165, 1.54) is 17.7 Å². The molecular formula is C31H25ClFN5O3. The number of piperidine rings is 1. The Hall–Kier alpha value is -4.50. The van der Waals surface area contributed by atoms with E-state index in [0.29, 0.717) is 39.1 Å². The van der Waals surface area contributed by atoms with Gasteiger partial charge in [0.2, 0.25) is 11.8 Å². The average Bonchev–Trinajstić information content (AvgIpc) is 3.29. The van der Waals surface area contributed by atoms with Crippen LogP contribution >= 0.6 is 11.6 Å². The summed E-state index contributed by atoms with van der Waals surface area (Å²) in [5, 5.41) is 9.11. The van der Waals surface area contributed by atoms with Crippen LogP contribution in [0.3, 0.4) is 0 Å². The number of nitrogens with one attached hydrogen (secondary N) is 2. The van der Waals surface area contributed by atoms with Crippen molar-refractivity contribution < 1.29 is 18.8 Å². The first kappa shape index (κ1) is 25.5. The number of rotatable bonds is 6. The quantitative estimate of drug-likeness (QED) is 0.252. The molecule has 2 amide bonds. The summed E-state index contributed by atoms with van der Waals surface area (Å²) in [6.45, 7) is 1.33. The molecule has 1 unspecified atom stereocenters. The van der Waals surface area contributed by atoms with Gasteiger partial charge < -0.3 is 15.2 Å². The summed E-state index contributed by atoms with van der Waals surface area (Å²) in [4.78, 5) is 43.9. The third kappa shape index (κ3) is 4.19. The fraction of sp³-hybridized carbons (Fsp3) is 0.226. The van der Waals surface area contributed by atoms with Crippen LogP contribution in [-0.2, 0) is 16.1 Å². The lowest BCUT2D eigenvalue weighted by Crippen LogP contribution is -2.46. The standard InChI is InChI=1S/C31H25ClFN5O3/c1-16(39)29-21-5-2-3-8-23(21)37(36-29)15-26(40)38-24-13-18(24)14-25(38)31(41)35-22-7-4-6-20(28(22)33)19-10-9-17-11-12-34-30(17)27(19)32/h2-12,18,24-25,34H,13-15H2,1H3,(H,35,41)/t18?,24-,25+/m1/s1. The van der Waals surface area contributed by atoms with E-state index in [1.807, 2.05) is 30.3 Å². The second-order valence-corrected chi connectivity index (χ2v) is 11.1. The third-order valence-electron chi connectivity index (χ3n) is 8.18. The Morgan fingerprint density at radius 3 is 2.71 bits per heavy atom. The van der Waals surface area contributed by atoms with Gasteiger partial charge in [0.25, 0.3) is 0 Å². The zero-order valence-electron chi connectivity index (χ0n) is 22.0. The molecule has 41 heavy (non-hydrogen) atoms. The van der Waals surface area contributed by atoms with Crippen LogP contribution in [0.1, 0.15) is 30.3 Å². The zero-order valence-corrected chi connectivity index (χ0v) is 22.8. The highest BCUT2D eigenvalue weighted by Gasteiger charge is 2.56. The lowest BCUT2D eigenvalue weighted by atomic mass is 10.0. The number of para-hydroxylation sites is 1. The minimum atomic E-state index is -0.734. The Bertz CT molecular complexity index is 1900. The Labute approximate surface area is 239 Å². The summed E-state index contributed by atoms with van der Waals surface area (Å²) in [7, 11) is 0. The molecule has 0 radical (unpaired) electrons. The molecule has 1 saturated heterocycles. The molecule has 8 nitrogen and oxygen atoms in total. The molecule has 1 aliphatic carbocycles. The highest BCUT2D eigenvalue weighted by molar-refractivity contribution is 6.38. The van der Waals surface area contributed by atoms with Crippen LogP contribution in [0.25, 0.3) is 32.9 Å². The second-order valence-electron chi connectivity index (χ2n) is 10.7. The first-order valence-electron chi connectivity index (χ1n) is 13.4. The van der Waals surface area contributed by atoms with Crippen molar-refractivity contribution in [1.29, 1.82) is 0 Å². The topological polar surface area (TPSA) is 100 Å². The van der Waals surface area contributed by atoms with Gasteiger partial charge in [0.05, 0.1) is 21.7 Å². The number of likely N-dealkylation sites (tertiary alicyclic amines) is 1. The number of carbonyl (C=O) groups is 3. The molecule has 0 spiro atoms. The number of benzene rings is 3. The van der Waals surface area contributed by atoms with E-state index in [4.69, 9.17) is 11.6 Å².